The summed E-state index contributed by atoms with van der Waals surface area (Å²) in [6, 6.07) is 5.20. The van der Waals surface area contributed by atoms with Gasteiger partial charge in [-0.15, -0.1) is 0 Å². The minimum atomic E-state index is -4.03. The van der Waals surface area contributed by atoms with Crippen molar-refractivity contribution < 1.29 is 28.3 Å². The number of hydrogen-bond donors (Lipinski definition) is 3. The fraction of sp³-hybridized carbons (Fsp3) is 0.308. The number of nitrogens with one attached hydrogen (secondary N) is 1. The van der Waals surface area contributed by atoms with Gasteiger partial charge in [-0.3, -0.25) is 4.79 Å². The predicted molar refractivity (Wildman–Crippen MR) is 72.4 cm³/mol. The number of halogens is 2. The lowest BCUT2D eigenvalue weighted by atomic mass is 10.1. The summed E-state index contributed by atoms with van der Waals surface area (Å²) in [7, 11) is 1.50. The number of urea groups is 1. The van der Waals surface area contributed by atoms with Gasteiger partial charge >= 0.3 is 17.9 Å². The maximum atomic E-state index is 12.8. The van der Waals surface area contributed by atoms with Gasteiger partial charge in [-0.1, -0.05) is 12.1 Å². The molecule has 1 aromatic rings. The first-order valence-electron chi connectivity index (χ1n) is 6.12. The normalized spacial score (nSPS) is 10.9. The van der Waals surface area contributed by atoms with Crippen LogP contribution in [0.25, 0.3) is 0 Å². The van der Waals surface area contributed by atoms with Gasteiger partial charge in [-0.2, -0.15) is 8.78 Å². The Morgan fingerprint density at radius 1 is 1.27 bits per heavy atom. The number of aliphatic carboxylic acids is 1. The van der Waals surface area contributed by atoms with Gasteiger partial charge < -0.3 is 21.1 Å². The monoisotopic (exact) mass is 315 g/mol. The molecule has 0 fully saturated rings. The molecule has 0 aliphatic rings. The molecule has 0 unspecified atom stereocenters. The Labute approximate surface area is 124 Å². The number of benzene rings is 1. The van der Waals surface area contributed by atoms with Crippen LogP contribution in [0.15, 0.2) is 24.3 Å². The highest BCUT2D eigenvalue weighted by molar-refractivity contribution is 5.94. The number of primary amides is 1. The molecule has 0 saturated carbocycles. The molecule has 1 rings (SSSR count). The molecule has 0 spiro atoms. The molecule has 0 heterocycles. The van der Waals surface area contributed by atoms with Crippen molar-refractivity contribution in [1.82, 2.24) is 10.2 Å². The zero-order chi connectivity index (χ0) is 16.9. The van der Waals surface area contributed by atoms with E-state index in [1.54, 1.807) is 0 Å². The average molecular weight is 315 g/mol. The number of alkyl halides is 2. The number of carbonyl (C=O) groups excluding carboxylic acids is 2. The highest BCUT2D eigenvalue weighted by Crippen LogP contribution is 2.12. The molecule has 0 atom stereocenters. The molecule has 22 heavy (non-hydrogen) atoms. The number of nitrogens with two attached hydrogens (primary N) is 1. The van der Waals surface area contributed by atoms with Gasteiger partial charge in [0, 0.05) is 19.2 Å². The molecular weight excluding hydrogens is 300 g/mol. The third-order valence-electron chi connectivity index (χ3n) is 2.80. The van der Waals surface area contributed by atoms with E-state index < -0.39 is 30.4 Å². The third kappa shape index (κ3) is 4.69. The molecule has 3 amide bonds. The smallest absolute Gasteiger partial charge is 0.376 e. The lowest BCUT2D eigenvalue weighted by molar-refractivity contribution is -0.163. The first kappa shape index (κ1) is 17.3. The van der Waals surface area contributed by atoms with Gasteiger partial charge in [0.2, 0.25) is 0 Å². The zero-order valence-electron chi connectivity index (χ0n) is 11.7. The van der Waals surface area contributed by atoms with Gasteiger partial charge in [0.05, 0.1) is 6.54 Å². The lowest BCUT2D eigenvalue weighted by Gasteiger charge is -2.14. The van der Waals surface area contributed by atoms with Gasteiger partial charge in [0.1, 0.15) is 0 Å². The molecule has 0 saturated heterocycles. The number of carboxylic acid groups (broad SMARTS) is 1. The molecule has 120 valence electrons. The Morgan fingerprint density at radius 2 is 1.82 bits per heavy atom. The Morgan fingerprint density at radius 3 is 2.27 bits per heavy atom. The van der Waals surface area contributed by atoms with E-state index in [0.29, 0.717) is 5.56 Å². The molecule has 0 radical (unpaired) electrons. The molecule has 7 nitrogen and oxygen atoms in total. The van der Waals surface area contributed by atoms with E-state index in [0.717, 1.165) is 0 Å². The Hall–Kier alpha value is -2.71. The minimum Gasteiger partial charge on any atom is -0.477 e. The number of carbonyl (C=O) groups is 3. The summed E-state index contributed by atoms with van der Waals surface area (Å²) in [6.45, 7) is -1.07. The third-order valence-corrected chi connectivity index (χ3v) is 2.80. The average Bonchev–Trinajstić information content (AvgIpc) is 2.45. The van der Waals surface area contributed by atoms with Crippen molar-refractivity contribution in [2.24, 2.45) is 5.73 Å². The molecule has 0 aliphatic heterocycles. The van der Waals surface area contributed by atoms with Gasteiger partial charge in [0.15, 0.2) is 0 Å². The fourth-order valence-electron chi connectivity index (χ4n) is 1.48. The van der Waals surface area contributed by atoms with Gasteiger partial charge in [-0.25, -0.2) is 9.59 Å². The SMILES string of the molecule is CN(Cc1ccc(C(=O)NCC(F)(F)C(=O)O)cc1)C(N)=O. The van der Waals surface area contributed by atoms with Crippen molar-refractivity contribution >= 4 is 17.9 Å². The number of nitrogens with zero attached hydrogens (tertiary/aromatic N) is 1. The van der Waals surface area contributed by atoms with E-state index in [4.69, 9.17) is 10.8 Å². The Balaban J connectivity index is 2.65. The second kappa shape index (κ2) is 6.83. The van der Waals surface area contributed by atoms with E-state index >= 15 is 0 Å². The summed E-state index contributed by atoms with van der Waals surface area (Å²) in [4.78, 5) is 34.0. The van der Waals surface area contributed by atoms with Crippen LogP contribution in [0.3, 0.4) is 0 Å². The fourth-order valence-corrected chi connectivity index (χ4v) is 1.48. The topological polar surface area (TPSA) is 113 Å². The molecule has 9 heteroatoms. The molecule has 0 aliphatic carbocycles. The highest BCUT2D eigenvalue weighted by atomic mass is 19.3. The number of hydrogen-bond acceptors (Lipinski definition) is 3. The van der Waals surface area contributed by atoms with Crippen molar-refractivity contribution in [2.75, 3.05) is 13.6 Å². The van der Waals surface area contributed by atoms with Crippen LogP contribution in [0.5, 0.6) is 0 Å². The van der Waals surface area contributed by atoms with Crippen LogP contribution < -0.4 is 11.1 Å². The first-order valence-corrected chi connectivity index (χ1v) is 6.12. The second-order valence-electron chi connectivity index (χ2n) is 4.58. The van der Waals surface area contributed by atoms with Crippen LogP contribution in [0, 0.1) is 0 Å². The number of carboxylic acids is 1. The van der Waals surface area contributed by atoms with E-state index in [1.165, 1.54) is 36.2 Å². The van der Waals surface area contributed by atoms with Crippen molar-refractivity contribution in [1.29, 1.82) is 0 Å². The van der Waals surface area contributed by atoms with E-state index in [1.807, 2.05) is 5.32 Å². The zero-order valence-corrected chi connectivity index (χ0v) is 11.7. The maximum absolute atomic E-state index is 12.8. The molecule has 0 bridgehead atoms. The van der Waals surface area contributed by atoms with Gasteiger partial charge in [0.25, 0.3) is 5.91 Å². The standard InChI is InChI=1S/C13H15F2N3O4/c1-18(12(16)22)6-8-2-4-9(5-3-8)10(19)17-7-13(14,15)11(20)21/h2-5H,6-7H2,1H3,(H2,16,22)(H,17,19)(H,20,21). The van der Waals surface area contributed by atoms with Crippen LogP contribution in [-0.2, 0) is 11.3 Å². The predicted octanol–water partition coefficient (Wildman–Crippen LogP) is 0.647. The number of rotatable bonds is 6. The summed E-state index contributed by atoms with van der Waals surface area (Å²) >= 11 is 0. The van der Waals surface area contributed by atoms with E-state index in [-0.39, 0.29) is 12.1 Å². The summed E-state index contributed by atoms with van der Waals surface area (Å²) in [5, 5.41) is 10.1. The minimum absolute atomic E-state index is 0.0895. The summed E-state index contributed by atoms with van der Waals surface area (Å²) in [5.41, 5.74) is 5.85. The molecule has 4 N–H and O–H groups in total. The van der Waals surface area contributed by atoms with Crippen molar-refractivity contribution in [3.8, 4) is 0 Å². The maximum Gasteiger partial charge on any atom is 0.376 e. The van der Waals surface area contributed by atoms with E-state index in [2.05, 4.69) is 0 Å². The lowest BCUT2D eigenvalue weighted by Crippen LogP contribution is -2.42. The quantitative estimate of drug-likeness (QED) is 0.715. The van der Waals surface area contributed by atoms with Crippen molar-refractivity contribution in [3.05, 3.63) is 35.4 Å². The van der Waals surface area contributed by atoms with Crippen LogP contribution in [0.4, 0.5) is 13.6 Å². The van der Waals surface area contributed by atoms with Crippen LogP contribution >= 0.6 is 0 Å². The molecule has 0 aromatic heterocycles. The van der Waals surface area contributed by atoms with Crippen molar-refractivity contribution in [3.63, 3.8) is 0 Å². The highest BCUT2D eigenvalue weighted by Gasteiger charge is 2.39. The van der Waals surface area contributed by atoms with Gasteiger partial charge in [-0.05, 0) is 17.7 Å². The van der Waals surface area contributed by atoms with E-state index in [9.17, 15) is 23.2 Å². The Bertz CT molecular complexity index is 575. The van der Waals surface area contributed by atoms with Crippen LogP contribution in [-0.4, -0.2) is 47.4 Å². The summed E-state index contributed by atoms with van der Waals surface area (Å²) in [6.07, 6.45) is 0. The largest absolute Gasteiger partial charge is 0.477 e. The summed E-state index contributed by atoms with van der Waals surface area (Å²) in [5.74, 6) is -7.16. The van der Waals surface area contributed by atoms with Crippen molar-refractivity contribution in [2.45, 2.75) is 12.5 Å². The van der Waals surface area contributed by atoms with Crippen LogP contribution in [0.1, 0.15) is 15.9 Å². The van der Waals surface area contributed by atoms with Crippen LogP contribution in [0.2, 0.25) is 0 Å². The Kier molecular flexibility index (Phi) is 5.39. The molecular formula is C13H15F2N3O4. The summed E-state index contributed by atoms with van der Waals surface area (Å²) < 4.78 is 25.7. The molecule has 1 aromatic carbocycles. The first-order chi connectivity index (χ1) is 10.1. The number of amides is 3. The second-order valence-corrected chi connectivity index (χ2v) is 4.58.